The van der Waals surface area contributed by atoms with Crippen LogP contribution in [0.3, 0.4) is 0 Å². The Bertz CT molecular complexity index is 586. The summed E-state index contributed by atoms with van der Waals surface area (Å²) < 4.78 is 11.4. The van der Waals surface area contributed by atoms with Crippen LogP contribution in [0, 0.1) is 0 Å². The summed E-state index contributed by atoms with van der Waals surface area (Å²) in [7, 11) is 1.32. The SMILES string of the molecule is COC(=O)c1cc(Br)cc(Br)c1NCCNC(=O)OC(C)(C)C. The Labute approximate surface area is 152 Å². The third-order valence-electron chi connectivity index (χ3n) is 2.56. The van der Waals surface area contributed by atoms with Gasteiger partial charge in [0.15, 0.2) is 0 Å². The number of esters is 1. The van der Waals surface area contributed by atoms with E-state index < -0.39 is 17.7 Å². The van der Waals surface area contributed by atoms with E-state index in [0.29, 0.717) is 28.8 Å². The summed E-state index contributed by atoms with van der Waals surface area (Å²) in [6.07, 6.45) is -0.484. The van der Waals surface area contributed by atoms with E-state index in [2.05, 4.69) is 42.5 Å². The first kappa shape index (κ1) is 19.8. The van der Waals surface area contributed by atoms with Gasteiger partial charge in [-0.2, -0.15) is 0 Å². The maximum absolute atomic E-state index is 11.8. The van der Waals surface area contributed by atoms with E-state index >= 15 is 0 Å². The molecule has 0 aliphatic rings. The Morgan fingerprint density at radius 2 is 1.83 bits per heavy atom. The molecule has 0 aromatic heterocycles. The second kappa shape index (κ2) is 8.54. The highest BCUT2D eigenvalue weighted by Crippen LogP contribution is 2.31. The molecule has 0 heterocycles. The van der Waals surface area contributed by atoms with Gasteiger partial charge in [0, 0.05) is 22.0 Å². The highest BCUT2D eigenvalue weighted by molar-refractivity contribution is 9.11. The average Bonchev–Trinajstić information content (AvgIpc) is 2.41. The lowest BCUT2D eigenvalue weighted by atomic mass is 10.2. The van der Waals surface area contributed by atoms with Crippen molar-refractivity contribution < 1.29 is 19.1 Å². The van der Waals surface area contributed by atoms with Crippen molar-refractivity contribution in [3.63, 3.8) is 0 Å². The lowest BCUT2D eigenvalue weighted by Crippen LogP contribution is -2.35. The van der Waals surface area contributed by atoms with Crippen LogP contribution in [0.5, 0.6) is 0 Å². The molecular formula is C15H20Br2N2O4. The molecule has 1 rings (SSSR count). The van der Waals surface area contributed by atoms with E-state index in [1.807, 2.05) is 6.07 Å². The minimum Gasteiger partial charge on any atom is -0.465 e. The van der Waals surface area contributed by atoms with Gasteiger partial charge in [0.1, 0.15) is 5.60 Å². The zero-order chi connectivity index (χ0) is 17.6. The van der Waals surface area contributed by atoms with Crippen LogP contribution in [0.2, 0.25) is 0 Å². The topological polar surface area (TPSA) is 76.7 Å². The summed E-state index contributed by atoms with van der Waals surface area (Å²) >= 11 is 6.74. The van der Waals surface area contributed by atoms with E-state index in [0.717, 1.165) is 4.47 Å². The summed E-state index contributed by atoms with van der Waals surface area (Å²) in [4.78, 5) is 23.4. The number of methoxy groups -OCH3 is 1. The molecule has 0 aliphatic carbocycles. The monoisotopic (exact) mass is 450 g/mol. The van der Waals surface area contributed by atoms with E-state index in [4.69, 9.17) is 9.47 Å². The Kier molecular flexibility index (Phi) is 7.34. The molecule has 0 aliphatic heterocycles. The minimum atomic E-state index is -0.537. The Balaban J connectivity index is 2.65. The minimum absolute atomic E-state index is 0.345. The maximum Gasteiger partial charge on any atom is 0.407 e. The first-order chi connectivity index (χ1) is 10.6. The number of carbonyl (C=O) groups is 2. The van der Waals surface area contributed by atoms with E-state index in [1.54, 1.807) is 26.8 Å². The Hall–Kier alpha value is -1.28. The number of rotatable bonds is 5. The molecule has 6 nitrogen and oxygen atoms in total. The zero-order valence-corrected chi connectivity index (χ0v) is 16.6. The van der Waals surface area contributed by atoms with Gasteiger partial charge < -0.3 is 20.1 Å². The van der Waals surface area contributed by atoms with Crippen molar-refractivity contribution in [1.29, 1.82) is 0 Å². The lowest BCUT2D eigenvalue weighted by molar-refractivity contribution is 0.0528. The van der Waals surface area contributed by atoms with Gasteiger partial charge in [-0.1, -0.05) is 15.9 Å². The van der Waals surface area contributed by atoms with Gasteiger partial charge in [0.25, 0.3) is 0 Å². The van der Waals surface area contributed by atoms with Crippen LogP contribution in [-0.4, -0.2) is 37.9 Å². The van der Waals surface area contributed by atoms with Crippen LogP contribution in [0.1, 0.15) is 31.1 Å². The molecule has 8 heteroatoms. The summed E-state index contributed by atoms with van der Waals surface area (Å²) in [5.74, 6) is -0.449. The van der Waals surface area contributed by atoms with Crippen LogP contribution < -0.4 is 10.6 Å². The third-order valence-corrected chi connectivity index (χ3v) is 3.64. The molecule has 1 aromatic carbocycles. The molecule has 2 N–H and O–H groups in total. The van der Waals surface area contributed by atoms with Crippen molar-refractivity contribution in [1.82, 2.24) is 5.32 Å². The first-order valence-electron chi connectivity index (χ1n) is 6.92. The maximum atomic E-state index is 11.8. The number of amides is 1. The number of halogens is 2. The Morgan fingerprint density at radius 1 is 1.17 bits per heavy atom. The first-order valence-corrected chi connectivity index (χ1v) is 8.50. The van der Waals surface area contributed by atoms with Crippen LogP contribution >= 0.6 is 31.9 Å². The molecule has 0 bridgehead atoms. The van der Waals surface area contributed by atoms with Gasteiger partial charge >= 0.3 is 12.1 Å². The number of hydrogen-bond acceptors (Lipinski definition) is 5. The van der Waals surface area contributed by atoms with Crippen molar-refractivity contribution in [2.45, 2.75) is 26.4 Å². The Morgan fingerprint density at radius 3 is 2.39 bits per heavy atom. The van der Waals surface area contributed by atoms with Crippen molar-refractivity contribution in [2.75, 3.05) is 25.5 Å². The van der Waals surface area contributed by atoms with Crippen LogP contribution in [-0.2, 0) is 9.47 Å². The van der Waals surface area contributed by atoms with Gasteiger partial charge in [-0.3, -0.25) is 0 Å². The molecule has 0 atom stereocenters. The number of benzene rings is 1. The molecule has 1 amide bonds. The summed E-state index contributed by atoms with van der Waals surface area (Å²) in [5, 5.41) is 5.74. The van der Waals surface area contributed by atoms with Crippen molar-refractivity contribution in [3.8, 4) is 0 Å². The van der Waals surface area contributed by atoms with Gasteiger partial charge in [-0.25, -0.2) is 9.59 Å². The van der Waals surface area contributed by atoms with Gasteiger partial charge in [-0.05, 0) is 48.8 Å². The standard InChI is InChI=1S/C15H20Br2N2O4/c1-15(2,3)23-14(21)19-6-5-18-12-10(13(20)22-4)7-9(16)8-11(12)17/h7-8,18H,5-6H2,1-4H3,(H,19,21). The molecule has 0 saturated carbocycles. The van der Waals surface area contributed by atoms with Crippen molar-refractivity contribution in [3.05, 3.63) is 26.6 Å². The number of carbonyl (C=O) groups excluding carboxylic acids is 2. The molecule has 0 fully saturated rings. The smallest absolute Gasteiger partial charge is 0.407 e. The predicted octanol–water partition coefficient (Wildman–Crippen LogP) is 3.93. The van der Waals surface area contributed by atoms with Crippen LogP contribution in [0.15, 0.2) is 21.1 Å². The quantitative estimate of drug-likeness (QED) is 0.523. The van der Waals surface area contributed by atoms with Crippen molar-refractivity contribution >= 4 is 49.6 Å². The second-order valence-corrected chi connectivity index (χ2v) is 7.43. The number of alkyl carbamates (subject to hydrolysis) is 1. The summed E-state index contributed by atoms with van der Waals surface area (Å²) in [6.45, 7) is 6.16. The van der Waals surface area contributed by atoms with E-state index in [-0.39, 0.29) is 0 Å². The highest BCUT2D eigenvalue weighted by atomic mass is 79.9. The predicted molar refractivity (Wildman–Crippen MR) is 95.9 cm³/mol. The summed E-state index contributed by atoms with van der Waals surface area (Å²) in [6, 6.07) is 3.48. The zero-order valence-electron chi connectivity index (χ0n) is 13.5. The molecular weight excluding hydrogens is 432 g/mol. The molecule has 0 unspecified atom stereocenters. The fourth-order valence-corrected chi connectivity index (χ4v) is 3.06. The molecule has 1 aromatic rings. The fourth-order valence-electron chi connectivity index (χ4n) is 1.69. The van der Waals surface area contributed by atoms with Crippen LogP contribution in [0.4, 0.5) is 10.5 Å². The number of nitrogens with one attached hydrogen (secondary N) is 2. The lowest BCUT2D eigenvalue weighted by Gasteiger charge is -2.20. The molecule has 128 valence electrons. The largest absolute Gasteiger partial charge is 0.465 e. The molecule has 0 radical (unpaired) electrons. The molecule has 0 spiro atoms. The van der Waals surface area contributed by atoms with Crippen LogP contribution in [0.25, 0.3) is 0 Å². The number of anilines is 1. The number of hydrogen-bond donors (Lipinski definition) is 2. The normalized spacial score (nSPS) is 10.9. The molecule has 23 heavy (non-hydrogen) atoms. The summed E-state index contributed by atoms with van der Waals surface area (Å²) in [5.41, 5.74) is 0.460. The van der Waals surface area contributed by atoms with Gasteiger partial charge in [-0.15, -0.1) is 0 Å². The van der Waals surface area contributed by atoms with E-state index in [1.165, 1.54) is 7.11 Å². The third kappa shape index (κ3) is 6.78. The van der Waals surface area contributed by atoms with Gasteiger partial charge in [0.2, 0.25) is 0 Å². The highest BCUT2D eigenvalue weighted by Gasteiger charge is 2.17. The average molecular weight is 452 g/mol. The number of ether oxygens (including phenoxy) is 2. The van der Waals surface area contributed by atoms with Crippen molar-refractivity contribution in [2.24, 2.45) is 0 Å². The van der Waals surface area contributed by atoms with Gasteiger partial charge in [0.05, 0.1) is 18.4 Å². The molecule has 0 saturated heterocycles. The fraction of sp³-hybridized carbons (Fsp3) is 0.467. The van der Waals surface area contributed by atoms with E-state index in [9.17, 15) is 9.59 Å². The second-order valence-electron chi connectivity index (χ2n) is 5.66.